The summed E-state index contributed by atoms with van der Waals surface area (Å²) in [7, 11) is 0. The Morgan fingerprint density at radius 2 is 1.91 bits per heavy atom. The summed E-state index contributed by atoms with van der Waals surface area (Å²) >= 11 is 4.91. The molecule has 0 radical (unpaired) electrons. The molecule has 1 N–H and O–H groups in total. The number of rotatable bonds is 3. The molecule has 3 aromatic rings. The van der Waals surface area contributed by atoms with E-state index in [1.54, 1.807) is 6.07 Å². The second-order valence-corrected chi connectivity index (χ2v) is 6.84. The van der Waals surface area contributed by atoms with Crippen molar-refractivity contribution in [2.75, 3.05) is 5.32 Å². The molecule has 1 aromatic heterocycles. The second-order valence-electron chi connectivity index (χ2n) is 5.06. The number of fused-ring (bicyclic) bond motifs is 1. The van der Waals surface area contributed by atoms with Crippen molar-refractivity contribution >= 4 is 38.4 Å². The van der Waals surface area contributed by atoms with Crippen LogP contribution >= 0.6 is 27.3 Å². The predicted octanol–water partition coefficient (Wildman–Crippen LogP) is 4.85. The molecule has 4 nitrogen and oxygen atoms in total. The van der Waals surface area contributed by atoms with Crippen molar-refractivity contribution in [2.45, 2.75) is 6.23 Å². The van der Waals surface area contributed by atoms with Gasteiger partial charge in [-0.3, -0.25) is 0 Å². The number of aromatic nitrogens is 1. The van der Waals surface area contributed by atoms with Crippen molar-refractivity contribution in [2.24, 2.45) is 0 Å². The number of carbonyl (C=O) groups excluding carboxylic acids is 1. The zero-order valence-corrected chi connectivity index (χ0v) is 14.2. The Morgan fingerprint density at radius 1 is 1.13 bits per heavy atom. The summed E-state index contributed by atoms with van der Waals surface area (Å²) < 4.78 is 6.41. The van der Waals surface area contributed by atoms with Gasteiger partial charge in [0.15, 0.2) is 5.13 Å². The van der Waals surface area contributed by atoms with Crippen LogP contribution < -0.4 is 5.32 Å². The van der Waals surface area contributed by atoms with Gasteiger partial charge in [0.1, 0.15) is 0 Å². The summed E-state index contributed by atoms with van der Waals surface area (Å²) in [5.74, 6) is -0.303. The van der Waals surface area contributed by atoms with E-state index in [2.05, 4.69) is 26.2 Å². The van der Waals surface area contributed by atoms with Gasteiger partial charge in [-0.15, -0.1) is 11.3 Å². The maximum absolute atomic E-state index is 11.8. The van der Waals surface area contributed by atoms with E-state index in [0.717, 1.165) is 26.4 Å². The minimum atomic E-state index is -0.484. The van der Waals surface area contributed by atoms with Gasteiger partial charge in [0, 0.05) is 21.0 Å². The Hall–Kier alpha value is -2.18. The molecular weight excluding hydrogens is 376 g/mol. The topological polar surface area (TPSA) is 51.2 Å². The van der Waals surface area contributed by atoms with Crippen LogP contribution in [-0.4, -0.2) is 11.0 Å². The summed E-state index contributed by atoms with van der Waals surface area (Å²) in [5, 5.41) is 5.88. The van der Waals surface area contributed by atoms with Crippen molar-refractivity contribution in [3.8, 4) is 11.3 Å². The number of thiazole rings is 1. The van der Waals surface area contributed by atoms with Gasteiger partial charge in [0.2, 0.25) is 6.23 Å². The molecule has 1 aliphatic rings. The SMILES string of the molecule is O=C1O[C@@H](Nc2nc(-c3ccc(Br)cc3)cs2)c2ccccc21. The minimum Gasteiger partial charge on any atom is -0.434 e. The number of benzene rings is 2. The molecule has 0 fully saturated rings. The molecule has 0 unspecified atom stereocenters. The minimum absolute atomic E-state index is 0.303. The van der Waals surface area contributed by atoms with Gasteiger partial charge in [-0.2, -0.15) is 0 Å². The number of esters is 1. The Bertz CT molecular complexity index is 876. The molecule has 0 aliphatic carbocycles. The highest BCUT2D eigenvalue weighted by atomic mass is 79.9. The van der Waals surface area contributed by atoms with Gasteiger partial charge in [0.25, 0.3) is 0 Å². The highest BCUT2D eigenvalue weighted by Gasteiger charge is 2.30. The van der Waals surface area contributed by atoms with Gasteiger partial charge >= 0.3 is 5.97 Å². The first-order chi connectivity index (χ1) is 11.2. The van der Waals surface area contributed by atoms with Crippen LogP contribution in [0.2, 0.25) is 0 Å². The van der Waals surface area contributed by atoms with E-state index in [1.807, 2.05) is 47.8 Å². The standard InChI is InChI=1S/C17H11BrN2O2S/c18-11-7-5-10(6-8-11)14-9-23-17(19-14)20-15-12-3-1-2-4-13(12)16(21)22-15/h1-9,15H,(H,19,20)/t15-/m1/s1. The molecular formula is C17H11BrN2O2S. The zero-order valence-electron chi connectivity index (χ0n) is 11.8. The van der Waals surface area contributed by atoms with E-state index >= 15 is 0 Å². The molecule has 2 aromatic carbocycles. The average molecular weight is 387 g/mol. The van der Waals surface area contributed by atoms with Crippen LogP contribution in [0.3, 0.4) is 0 Å². The normalized spacial score (nSPS) is 16.0. The van der Waals surface area contributed by atoms with Crippen LogP contribution in [0.1, 0.15) is 22.1 Å². The predicted molar refractivity (Wildman–Crippen MR) is 93.5 cm³/mol. The number of ether oxygens (including phenoxy) is 1. The molecule has 0 saturated carbocycles. The number of cyclic esters (lactones) is 1. The number of anilines is 1. The summed E-state index contributed by atoms with van der Waals surface area (Å²) in [6.45, 7) is 0. The van der Waals surface area contributed by atoms with Crippen molar-refractivity contribution in [3.63, 3.8) is 0 Å². The Labute approximate surface area is 145 Å². The molecule has 1 atom stereocenters. The zero-order chi connectivity index (χ0) is 15.8. The number of halogens is 1. The average Bonchev–Trinajstić information content (AvgIpc) is 3.15. The van der Waals surface area contributed by atoms with Crippen LogP contribution in [0.25, 0.3) is 11.3 Å². The molecule has 0 amide bonds. The molecule has 4 rings (SSSR count). The van der Waals surface area contributed by atoms with Crippen LogP contribution in [0.5, 0.6) is 0 Å². The Kier molecular flexibility index (Phi) is 3.63. The number of carbonyl (C=O) groups is 1. The smallest absolute Gasteiger partial charge is 0.340 e. The highest BCUT2D eigenvalue weighted by Crippen LogP contribution is 2.33. The molecule has 0 bridgehead atoms. The van der Waals surface area contributed by atoms with Gasteiger partial charge in [-0.05, 0) is 18.2 Å². The van der Waals surface area contributed by atoms with Gasteiger partial charge in [-0.25, -0.2) is 9.78 Å². The molecule has 2 heterocycles. The van der Waals surface area contributed by atoms with Gasteiger partial charge in [-0.1, -0.05) is 46.3 Å². The monoisotopic (exact) mass is 386 g/mol. The Morgan fingerprint density at radius 3 is 2.74 bits per heavy atom. The maximum Gasteiger partial charge on any atom is 0.340 e. The number of nitrogens with zero attached hydrogens (tertiary/aromatic N) is 1. The quantitative estimate of drug-likeness (QED) is 0.653. The number of hydrogen-bond donors (Lipinski definition) is 1. The summed E-state index contributed by atoms with van der Waals surface area (Å²) in [6, 6.07) is 15.4. The van der Waals surface area contributed by atoms with E-state index in [4.69, 9.17) is 4.74 Å². The fourth-order valence-corrected chi connectivity index (χ4v) is 3.46. The van der Waals surface area contributed by atoms with Crippen molar-refractivity contribution in [1.82, 2.24) is 4.98 Å². The van der Waals surface area contributed by atoms with Gasteiger partial charge in [0.05, 0.1) is 11.3 Å². The summed E-state index contributed by atoms with van der Waals surface area (Å²) in [6.07, 6.45) is -0.484. The molecule has 6 heteroatoms. The van der Waals surface area contributed by atoms with E-state index in [1.165, 1.54) is 11.3 Å². The second kappa shape index (κ2) is 5.79. The highest BCUT2D eigenvalue weighted by molar-refractivity contribution is 9.10. The van der Waals surface area contributed by atoms with Gasteiger partial charge < -0.3 is 10.1 Å². The van der Waals surface area contributed by atoms with Crippen LogP contribution in [-0.2, 0) is 4.74 Å². The third-order valence-corrected chi connectivity index (χ3v) is 4.89. The molecule has 1 aliphatic heterocycles. The fraction of sp³-hybridized carbons (Fsp3) is 0.0588. The first kappa shape index (κ1) is 14.4. The lowest BCUT2D eigenvalue weighted by atomic mass is 10.1. The van der Waals surface area contributed by atoms with Crippen LogP contribution in [0, 0.1) is 0 Å². The number of hydrogen-bond acceptors (Lipinski definition) is 5. The molecule has 0 spiro atoms. The van der Waals surface area contributed by atoms with Crippen molar-refractivity contribution in [3.05, 3.63) is 69.5 Å². The van der Waals surface area contributed by atoms with E-state index in [0.29, 0.717) is 5.56 Å². The van der Waals surface area contributed by atoms with Crippen LogP contribution in [0.4, 0.5) is 5.13 Å². The van der Waals surface area contributed by atoms with Crippen molar-refractivity contribution in [1.29, 1.82) is 0 Å². The lowest BCUT2D eigenvalue weighted by Gasteiger charge is -2.11. The van der Waals surface area contributed by atoms with E-state index in [9.17, 15) is 4.79 Å². The number of nitrogens with one attached hydrogen (secondary N) is 1. The summed E-state index contributed by atoms with van der Waals surface area (Å²) in [4.78, 5) is 16.4. The van der Waals surface area contributed by atoms with E-state index in [-0.39, 0.29) is 5.97 Å². The van der Waals surface area contributed by atoms with Crippen LogP contribution in [0.15, 0.2) is 58.4 Å². The first-order valence-electron chi connectivity index (χ1n) is 6.98. The largest absolute Gasteiger partial charge is 0.434 e. The lowest BCUT2D eigenvalue weighted by Crippen LogP contribution is -2.09. The maximum atomic E-state index is 11.8. The molecule has 0 saturated heterocycles. The fourth-order valence-electron chi connectivity index (χ4n) is 2.46. The molecule has 114 valence electrons. The first-order valence-corrected chi connectivity index (χ1v) is 8.66. The third-order valence-electron chi connectivity index (χ3n) is 3.59. The molecule has 23 heavy (non-hydrogen) atoms. The lowest BCUT2D eigenvalue weighted by molar-refractivity contribution is 0.0437. The summed E-state index contributed by atoms with van der Waals surface area (Å²) in [5.41, 5.74) is 3.39. The third kappa shape index (κ3) is 2.75. The van der Waals surface area contributed by atoms with E-state index < -0.39 is 6.23 Å². The van der Waals surface area contributed by atoms with Crippen molar-refractivity contribution < 1.29 is 9.53 Å². The Balaban J connectivity index is 1.57.